The van der Waals surface area contributed by atoms with Gasteiger partial charge in [-0.15, -0.1) is 6.58 Å². The summed E-state index contributed by atoms with van der Waals surface area (Å²) in [5, 5.41) is 4.66. The van der Waals surface area contributed by atoms with Crippen molar-refractivity contribution in [2.75, 3.05) is 5.32 Å². The van der Waals surface area contributed by atoms with Gasteiger partial charge in [0.1, 0.15) is 0 Å². The van der Waals surface area contributed by atoms with Crippen LogP contribution >= 0.6 is 34.8 Å². The highest BCUT2D eigenvalue weighted by Crippen LogP contribution is 2.33. The van der Waals surface area contributed by atoms with Crippen molar-refractivity contribution < 1.29 is 0 Å². The molecule has 1 nitrogen and oxygen atoms in total. The molecule has 1 unspecified atom stereocenters. The second-order valence-electron chi connectivity index (χ2n) is 2.91. The molecule has 0 spiro atoms. The van der Waals surface area contributed by atoms with E-state index in [4.69, 9.17) is 34.8 Å². The first-order valence-corrected chi connectivity index (χ1v) is 5.21. The standard InChI is InChI=1S/C10H10Cl3N/c1-3-6(2)14-10-8(12)4-7(11)5-9(10)13/h3-6,14H,1H2,2H3. The number of rotatable bonds is 3. The first kappa shape index (κ1) is 11.7. The van der Waals surface area contributed by atoms with Crippen LogP contribution in [0, 0.1) is 0 Å². The quantitative estimate of drug-likeness (QED) is 0.771. The van der Waals surface area contributed by atoms with Crippen LogP contribution in [0.15, 0.2) is 24.8 Å². The molecule has 0 aromatic heterocycles. The Morgan fingerprint density at radius 1 is 1.29 bits per heavy atom. The zero-order valence-electron chi connectivity index (χ0n) is 7.65. The van der Waals surface area contributed by atoms with E-state index in [1.807, 2.05) is 6.92 Å². The molecule has 0 bridgehead atoms. The van der Waals surface area contributed by atoms with Crippen molar-refractivity contribution >= 4 is 40.5 Å². The fourth-order valence-corrected chi connectivity index (χ4v) is 1.89. The lowest BCUT2D eigenvalue weighted by Crippen LogP contribution is -2.11. The van der Waals surface area contributed by atoms with Crippen molar-refractivity contribution in [3.63, 3.8) is 0 Å². The highest BCUT2D eigenvalue weighted by Gasteiger charge is 2.08. The largest absolute Gasteiger partial charge is 0.377 e. The van der Waals surface area contributed by atoms with Gasteiger partial charge in [0.05, 0.1) is 15.7 Å². The summed E-state index contributed by atoms with van der Waals surface area (Å²) < 4.78 is 0. The first-order chi connectivity index (χ1) is 6.54. The van der Waals surface area contributed by atoms with E-state index in [0.717, 1.165) is 0 Å². The van der Waals surface area contributed by atoms with Gasteiger partial charge in [0, 0.05) is 11.1 Å². The summed E-state index contributed by atoms with van der Waals surface area (Å²) in [5.74, 6) is 0. The van der Waals surface area contributed by atoms with Crippen LogP contribution in [0.4, 0.5) is 5.69 Å². The highest BCUT2D eigenvalue weighted by molar-refractivity contribution is 6.41. The summed E-state index contributed by atoms with van der Waals surface area (Å²) in [6.07, 6.45) is 1.77. The summed E-state index contributed by atoms with van der Waals surface area (Å²) in [7, 11) is 0. The van der Waals surface area contributed by atoms with E-state index in [1.165, 1.54) is 0 Å². The zero-order valence-corrected chi connectivity index (χ0v) is 9.92. The molecule has 0 radical (unpaired) electrons. The molecule has 1 N–H and O–H groups in total. The summed E-state index contributed by atoms with van der Waals surface area (Å²) in [6.45, 7) is 5.61. The van der Waals surface area contributed by atoms with Crippen LogP contribution in [0.5, 0.6) is 0 Å². The maximum absolute atomic E-state index is 5.97. The predicted molar refractivity (Wildman–Crippen MR) is 64.8 cm³/mol. The van der Waals surface area contributed by atoms with Crippen LogP contribution in [0.25, 0.3) is 0 Å². The highest BCUT2D eigenvalue weighted by atomic mass is 35.5. The Hall–Kier alpha value is -0.370. The summed E-state index contributed by atoms with van der Waals surface area (Å²) >= 11 is 17.7. The molecule has 0 fully saturated rings. The monoisotopic (exact) mass is 249 g/mol. The van der Waals surface area contributed by atoms with Crippen molar-refractivity contribution in [1.29, 1.82) is 0 Å². The minimum absolute atomic E-state index is 0.103. The fourth-order valence-electron chi connectivity index (χ4n) is 0.967. The smallest absolute Gasteiger partial charge is 0.0724 e. The fraction of sp³-hybridized carbons (Fsp3) is 0.200. The summed E-state index contributed by atoms with van der Waals surface area (Å²) in [6, 6.07) is 3.39. The van der Waals surface area contributed by atoms with E-state index in [2.05, 4.69) is 11.9 Å². The topological polar surface area (TPSA) is 12.0 Å². The molecule has 14 heavy (non-hydrogen) atoms. The van der Waals surface area contributed by atoms with Crippen molar-refractivity contribution in [3.05, 3.63) is 39.9 Å². The van der Waals surface area contributed by atoms with Crippen LogP contribution in [0.1, 0.15) is 6.92 Å². The Morgan fingerprint density at radius 2 is 1.79 bits per heavy atom. The number of anilines is 1. The third-order valence-corrected chi connectivity index (χ3v) is 2.55. The Bertz CT molecular complexity index is 326. The molecule has 0 aliphatic heterocycles. The molecule has 0 saturated heterocycles. The van der Waals surface area contributed by atoms with Crippen LogP contribution in [0.2, 0.25) is 15.1 Å². The van der Waals surface area contributed by atoms with Crippen molar-refractivity contribution in [2.45, 2.75) is 13.0 Å². The Balaban J connectivity index is 3.02. The van der Waals surface area contributed by atoms with Gasteiger partial charge in [0.25, 0.3) is 0 Å². The second-order valence-corrected chi connectivity index (χ2v) is 4.16. The first-order valence-electron chi connectivity index (χ1n) is 4.08. The number of nitrogens with one attached hydrogen (secondary N) is 1. The van der Waals surface area contributed by atoms with Gasteiger partial charge in [0.2, 0.25) is 0 Å². The average Bonchev–Trinajstić information content (AvgIpc) is 2.10. The van der Waals surface area contributed by atoms with Gasteiger partial charge in [-0.05, 0) is 19.1 Å². The molecule has 1 rings (SSSR count). The number of benzene rings is 1. The minimum atomic E-state index is 0.103. The third kappa shape index (κ3) is 2.81. The molecule has 76 valence electrons. The maximum atomic E-state index is 5.97. The SMILES string of the molecule is C=CC(C)Nc1c(Cl)cc(Cl)cc1Cl. The van der Waals surface area contributed by atoms with Crippen LogP contribution in [0.3, 0.4) is 0 Å². The second kappa shape index (κ2) is 4.92. The van der Waals surface area contributed by atoms with Gasteiger partial charge >= 0.3 is 0 Å². The molecular formula is C10H10Cl3N. The molecule has 0 heterocycles. The third-order valence-electron chi connectivity index (χ3n) is 1.73. The zero-order chi connectivity index (χ0) is 10.7. The van der Waals surface area contributed by atoms with E-state index in [0.29, 0.717) is 20.8 Å². The summed E-state index contributed by atoms with van der Waals surface area (Å²) in [4.78, 5) is 0. The van der Waals surface area contributed by atoms with E-state index in [9.17, 15) is 0 Å². The molecule has 4 heteroatoms. The minimum Gasteiger partial charge on any atom is -0.377 e. The Labute approximate surface area is 98.7 Å². The predicted octanol–water partition coefficient (Wildman–Crippen LogP) is 4.63. The molecule has 0 aliphatic carbocycles. The van der Waals surface area contributed by atoms with Gasteiger partial charge < -0.3 is 5.32 Å². The van der Waals surface area contributed by atoms with E-state index >= 15 is 0 Å². The molecule has 1 aromatic carbocycles. The molecule has 1 aromatic rings. The van der Waals surface area contributed by atoms with Crippen LogP contribution in [-0.4, -0.2) is 6.04 Å². The number of halogens is 3. The van der Waals surface area contributed by atoms with E-state index < -0.39 is 0 Å². The lowest BCUT2D eigenvalue weighted by atomic mass is 10.2. The average molecular weight is 251 g/mol. The lowest BCUT2D eigenvalue weighted by Gasteiger charge is -2.14. The van der Waals surface area contributed by atoms with Gasteiger partial charge in [-0.1, -0.05) is 40.9 Å². The van der Waals surface area contributed by atoms with Crippen molar-refractivity contribution in [2.24, 2.45) is 0 Å². The molecule has 0 amide bonds. The van der Waals surface area contributed by atoms with E-state index in [-0.39, 0.29) is 6.04 Å². The molecular weight excluding hydrogens is 240 g/mol. The Morgan fingerprint density at radius 3 is 2.21 bits per heavy atom. The maximum Gasteiger partial charge on any atom is 0.0724 e. The van der Waals surface area contributed by atoms with Crippen LogP contribution in [-0.2, 0) is 0 Å². The summed E-state index contributed by atoms with van der Waals surface area (Å²) in [5.41, 5.74) is 0.685. The Kier molecular flexibility index (Phi) is 4.11. The van der Waals surface area contributed by atoms with E-state index in [1.54, 1.807) is 18.2 Å². The lowest BCUT2D eigenvalue weighted by molar-refractivity contribution is 1.00. The van der Waals surface area contributed by atoms with Crippen molar-refractivity contribution in [1.82, 2.24) is 0 Å². The molecule has 0 saturated carbocycles. The molecule has 1 atom stereocenters. The molecule has 0 aliphatic rings. The number of hydrogen-bond donors (Lipinski definition) is 1. The van der Waals surface area contributed by atoms with Gasteiger partial charge in [-0.2, -0.15) is 0 Å². The van der Waals surface area contributed by atoms with Gasteiger partial charge in [-0.3, -0.25) is 0 Å². The van der Waals surface area contributed by atoms with Gasteiger partial charge in [0.15, 0.2) is 0 Å². The van der Waals surface area contributed by atoms with Crippen LogP contribution < -0.4 is 5.32 Å². The van der Waals surface area contributed by atoms with Crippen molar-refractivity contribution in [3.8, 4) is 0 Å². The number of hydrogen-bond acceptors (Lipinski definition) is 1. The normalized spacial score (nSPS) is 12.3. The van der Waals surface area contributed by atoms with Gasteiger partial charge in [-0.25, -0.2) is 0 Å².